The first-order valence-electron chi connectivity index (χ1n) is 23.3. The summed E-state index contributed by atoms with van der Waals surface area (Å²) < 4.78 is 24.3. The summed E-state index contributed by atoms with van der Waals surface area (Å²) in [6.45, 7) is 27.3. The van der Waals surface area contributed by atoms with E-state index in [0.717, 1.165) is 19.3 Å². The van der Waals surface area contributed by atoms with Crippen LogP contribution in [-0.2, 0) is 38.1 Å². The molecule has 342 valence electrons. The van der Waals surface area contributed by atoms with Crippen molar-refractivity contribution in [2.45, 2.75) is 264 Å². The molecule has 11 nitrogen and oxygen atoms in total. The number of nitrogens with one attached hydrogen (secondary N) is 3. The number of ether oxygens (including phenoxy) is 4. The zero-order chi connectivity index (χ0) is 44.3. The van der Waals surface area contributed by atoms with E-state index in [1.54, 1.807) is 0 Å². The Morgan fingerprint density at radius 1 is 0.441 bits per heavy atom. The second kappa shape index (κ2) is 21.7. The summed E-state index contributed by atoms with van der Waals surface area (Å²) in [6, 6.07) is 0. The lowest BCUT2D eigenvalue weighted by Crippen LogP contribution is -2.60. The maximum atomic E-state index is 14.5. The van der Waals surface area contributed by atoms with Crippen molar-refractivity contribution in [2.75, 3.05) is 6.61 Å². The van der Waals surface area contributed by atoms with Gasteiger partial charge in [0.25, 0.3) is 0 Å². The molecule has 0 radical (unpaired) electrons. The van der Waals surface area contributed by atoms with Crippen molar-refractivity contribution in [3.63, 3.8) is 0 Å². The van der Waals surface area contributed by atoms with Gasteiger partial charge in [-0.15, -0.1) is 0 Å². The standard InChI is InChI=1S/C48H87N3O8/c1-14-15-16-17-18-19-20-21-22-23-24-25-56-41(54)37(26-39(52)57-34-28-43(2,3)49-44(4,5)29-34)38(42(55)59-36-32-47(10,11)51-48(12,13)33-36)27-40(53)58-35-30-45(6,7)50-46(8,9)31-35/h34-38,49-51H,14-33H2,1-13H3. The van der Waals surface area contributed by atoms with Gasteiger partial charge >= 0.3 is 23.9 Å². The number of carbonyl (C=O) groups is 4. The molecule has 0 aromatic heterocycles. The fourth-order valence-electron chi connectivity index (χ4n) is 10.8. The Kier molecular flexibility index (Phi) is 18.8. The Morgan fingerprint density at radius 3 is 1.07 bits per heavy atom. The van der Waals surface area contributed by atoms with Crippen LogP contribution in [0.15, 0.2) is 0 Å². The minimum Gasteiger partial charge on any atom is -0.465 e. The average Bonchev–Trinajstić information content (AvgIpc) is 3.02. The van der Waals surface area contributed by atoms with E-state index in [0.29, 0.717) is 44.9 Å². The zero-order valence-corrected chi connectivity index (χ0v) is 39.8. The first kappa shape index (κ1) is 51.1. The van der Waals surface area contributed by atoms with Gasteiger partial charge in [-0.1, -0.05) is 71.1 Å². The summed E-state index contributed by atoms with van der Waals surface area (Å²) in [4.78, 5) is 56.6. The largest absolute Gasteiger partial charge is 0.465 e. The number of piperidine rings is 3. The monoisotopic (exact) mass is 834 g/mol. The average molecular weight is 834 g/mol. The number of hydrogen-bond acceptors (Lipinski definition) is 11. The molecule has 0 amide bonds. The second-order valence-corrected chi connectivity index (χ2v) is 22.5. The van der Waals surface area contributed by atoms with Crippen molar-refractivity contribution >= 4 is 23.9 Å². The van der Waals surface area contributed by atoms with Gasteiger partial charge in [-0.2, -0.15) is 0 Å². The van der Waals surface area contributed by atoms with Gasteiger partial charge in [-0.25, -0.2) is 0 Å². The van der Waals surface area contributed by atoms with Crippen LogP contribution in [0.5, 0.6) is 0 Å². The van der Waals surface area contributed by atoms with Crippen molar-refractivity contribution in [3.8, 4) is 0 Å². The number of hydrogen-bond donors (Lipinski definition) is 3. The van der Waals surface area contributed by atoms with E-state index in [1.165, 1.54) is 44.9 Å². The van der Waals surface area contributed by atoms with Gasteiger partial charge in [0.15, 0.2) is 0 Å². The first-order chi connectivity index (χ1) is 27.2. The summed E-state index contributed by atoms with van der Waals surface area (Å²) in [6.07, 6.45) is 14.1. The molecule has 2 unspecified atom stereocenters. The van der Waals surface area contributed by atoms with Gasteiger partial charge in [0.1, 0.15) is 18.3 Å². The van der Waals surface area contributed by atoms with Crippen molar-refractivity contribution in [2.24, 2.45) is 11.8 Å². The van der Waals surface area contributed by atoms with Crippen molar-refractivity contribution in [3.05, 3.63) is 0 Å². The van der Waals surface area contributed by atoms with E-state index in [4.69, 9.17) is 18.9 Å². The first-order valence-corrected chi connectivity index (χ1v) is 23.3. The Balaban J connectivity index is 1.82. The minimum absolute atomic E-state index is 0.167. The van der Waals surface area contributed by atoms with Crippen molar-refractivity contribution in [1.82, 2.24) is 16.0 Å². The van der Waals surface area contributed by atoms with Crippen LogP contribution in [0.3, 0.4) is 0 Å². The maximum absolute atomic E-state index is 14.5. The van der Waals surface area contributed by atoms with E-state index >= 15 is 0 Å². The van der Waals surface area contributed by atoms with Crippen molar-refractivity contribution in [1.29, 1.82) is 0 Å². The predicted octanol–water partition coefficient (Wildman–Crippen LogP) is 9.41. The molecule has 3 saturated heterocycles. The van der Waals surface area contributed by atoms with Crippen LogP contribution in [0.2, 0.25) is 0 Å². The van der Waals surface area contributed by atoms with E-state index in [2.05, 4.69) is 106 Å². The fourth-order valence-corrected chi connectivity index (χ4v) is 10.8. The lowest BCUT2D eigenvalue weighted by Gasteiger charge is -2.46. The third-order valence-electron chi connectivity index (χ3n) is 12.2. The third-order valence-corrected chi connectivity index (χ3v) is 12.2. The lowest BCUT2D eigenvalue weighted by molar-refractivity contribution is -0.174. The molecule has 0 aromatic rings. The molecule has 0 bridgehead atoms. The van der Waals surface area contributed by atoms with E-state index in [-0.39, 0.29) is 52.0 Å². The Labute approximate surface area is 359 Å². The van der Waals surface area contributed by atoms with Gasteiger partial charge in [0.05, 0.1) is 31.3 Å². The molecule has 3 rings (SSSR count). The van der Waals surface area contributed by atoms with Gasteiger partial charge in [0.2, 0.25) is 0 Å². The molecule has 3 fully saturated rings. The molecule has 3 heterocycles. The summed E-state index contributed by atoms with van der Waals surface area (Å²) in [5, 5.41) is 10.8. The molecule has 3 aliphatic rings. The van der Waals surface area contributed by atoms with Crippen LogP contribution in [-0.4, -0.2) is 82.0 Å². The highest BCUT2D eigenvalue weighted by atomic mass is 16.6. The Hall–Kier alpha value is -2.24. The third kappa shape index (κ3) is 19.1. The highest BCUT2D eigenvalue weighted by Gasteiger charge is 2.46. The molecule has 2 atom stereocenters. The highest BCUT2D eigenvalue weighted by molar-refractivity contribution is 5.88. The van der Waals surface area contributed by atoms with Crippen LogP contribution < -0.4 is 16.0 Å². The van der Waals surface area contributed by atoms with E-state index < -0.39 is 54.7 Å². The van der Waals surface area contributed by atoms with Crippen LogP contribution in [0.25, 0.3) is 0 Å². The van der Waals surface area contributed by atoms with Crippen LogP contribution in [0.4, 0.5) is 0 Å². The van der Waals surface area contributed by atoms with Gasteiger partial charge in [-0.05, 0) is 89.5 Å². The summed E-state index contributed by atoms with van der Waals surface area (Å²) in [5.41, 5.74) is -1.73. The van der Waals surface area contributed by atoms with Crippen LogP contribution in [0, 0.1) is 11.8 Å². The van der Waals surface area contributed by atoms with E-state index in [1.807, 2.05) is 0 Å². The summed E-state index contributed by atoms with van der Waals surface area (Å²) >= 11 is 0. The summed E-state index contributed by atoms with van der Waals surface area (Å²) in [5.74, 6) is -5.18. The molecule has 59 heavy (non-hydrogen) atoms. The maximum Gasteiger partial charge on any atom is 0.310 e. The molecule has 0 spiro atoms. The Bertz CT molecular complexity index is 1320. The fraction of sp³-hybridized carbons (Fsp3) is 0.917. The molecule has 0 aliphatic carbocycles. The van der Waals surface area contributed by atoms with Gasteiger partial charge in [-0.3, -0.25) is 19.2 Å². The molecule has 11 heteroatoms. The molecule has 0 saturated carbocycles. The molecule has 0 aromatic carbocycles. The topological polar surface area (TPSA) is 141 Å². The van der Waals surface area contributed by atoms with Crippen molar-refractivity contribution < 1.29 is 38.1 Å². The predicted molar refractivity (Wildman–Crippen MR) is 235 cm³/mol. The minimum atomic E-state index is -1.30. The number of rotatable bonds is 22. The number of unbranched alkanes of at least 4 members (excludes halogenated alkanes) is 10. The normalized spacial score (nSPS) is 23.4. The second-order valence-electron chi connectivity index (χ2n) is 22.5. The quantitative estimate of drug-likeness (QED) is 0.0546. The molecular formula is C48H87N3O8. The van der Waals surface area contributed by atoms with E-state index in [9.17, 15) is 19.2 Å². The number of esters is 4. The molecule has 3 N–H and O–H groups in total. The van der Waals surface area contributed by atoms with Crippen LogP contribution in [0.1, 0.15) is 212 Å². The summed E-state index contributed by atoms with van der Waals surface area (Å²) in [7, 11) is 0. The zero-order valence-electron chi connectivity index (χ0n) is 39.8. The SMILES string of the molecule is CCCCCCCCCCCCCOC(=O)C(CC(=O)OC1CC(C)(C)NC(C)(C)C1)C(CC(=O)OC1CC(C)(C)NC(C)(C)C1)C(=O)OC1CC(C)(C)NC(C)(C)C1. The lowest BCUT2D eigenvalue weighted by atomic mass is 9.80. The van der Waals surface area contributed by atoms with Crippen LogP contribution >= 0.6 is 0 Å². The van der Waals surface area contributed by atoms with Gasteiger partial charge < -0.3 is 34.9 Å². The van der Waals surface area contributed by atoms with Gasteiger partial charge in [0, 0.05) is 71.8 Å². The molecular weight excluding hydrogens is 747 g/mol. The number of carbonyl (C=O) groups excluding carboxylic acids is 4. The highest BCUT2D eigenvalue weighted by Crippen LogP contribution is 2.36. The smallest absolute Gasteiger partial charge is 0.310 e. The Morgan fingerprint density at radius 2 is 0.729 bits per heavy atom. The molecule has 3 aliphatic heterocycles.